The molecule has 29 heavy (non-hydrogen) atoms. The number of alkyl halides is 1. The number of rotatable bonds is 8. The third kappa shape index (κ3) is 5.17. The molecule has 2 aromatic rings. The Bertz CT molecular complexity index is 898. The van der Waals surface area contributed by atoms with Crippen molar-refractivity contribution in [3.8, 4) is 12.1 Å². The van der Waals surface area contributed by atoms with Gasteiger partial charge in [0.2, 0.25) is 11.9 Å². The Hall–Kier alpha value is -3.26. The summed E-state index contributed by atoms with van der Waals surface area (Å²) in [5.74, 6) is 0.646. The first-order valence-corrected chi connectivity index (χ1v) is 9.85. The van der Waals surface area contributed by atoms with Crippen LogP contribution in [0.3, 0.4) is 0 Å². The number of fused-ring (bicyclic) bond motifs is 1. The zero-order chi connectivity index (χ0) is 20.6. The smallest absolute Gasteiger partial charge is 0.230 e. The number of hydrogen-bond donors (Lipinski definition) is 1. The van der Waals surface area contributed by atoms with Crippen LogP contribution in [0.15, 0.2) is 24.3 Å². The molecule has 1 aromatic carbocycles. The maximum Gasteiger partial charge on any atom is 0.230 e. The second-order valence-corrected chi connectivity index (χ2v) is 7.02. The van der Waals surface area contributed by atoms with Crippen molar-refractivity contribution in [2.24, 2.45) is 0 Å². The van der Waals surface area contributed by atoms with Crippen LogP contribution in [0.1, 0.15) is 61.8 Å². The Morgan fingerprint density at radius 1 is 1.17 bits per heavy atom. The summed E-state index contributed by atoms with van der Waals surface area (Å²) < 4.78 is 14.1. The normalized spacial score (nSPS) is 16.2. The molecule has 1 N–H and O–H groups in total. The first-order chi connectivity index (χ1) is 14.1. The van der Waals surface area contributed by atoms with Gasteiger partial charge in [0, 0.05) is 13.1 Å². The van der Waals surface area contributed by atoms with E-state index in [0.29, 0.717) is 19.0 Å². The molecular weight excluding hydrogens is 369 g/mol. The Kier molecular flexibility index (Phi) is 6.91. The van der Waals surface area contributed by atoms with Gasteiger partial charge in [-0.1, -0.05) is 24.3 Å². The molecule has 0 saturated heterocycles. The molecule has 0 spiro atoms. The van der Waals surface area contributed by atoms with Crippen LogP contribution in [0.4, 0.5) is 16.3 Å². The standard InChI is InChI=1S/C21H24FN7/c1-15(22)19-26-20(25-18-10-4-8-16-7-2-3-9-17(16)18)28-21(27-19)29(13-5-11-23)14-6-12-24/h2-3,7,9,15,18H,4-6,8,10,13-14H2,1H3,(H,25,26,27,28)/t15-,18-/m1/s1. The largest absolute Gasteiger partial charge is 0.347 e. The van der Waals surface area contributed by atoms with Gasteiger partial charge in [0.25, 0.3) is 0 Å². The summed E-state index contributed by atoms with van der Waals surface area (Å²) in [5.41, 5.74) is 2.51. The average Bonchev–Trinajstić information content (AvgIpc) is 2.74. The number of benzene rings is 1. The molecule has 0 fully saturated rings. The summed E-state index contributed by atoms with van der Waals surface area (Å²) in [4.78, 5) is 14.8. The van der Waals surface area contributed by atoms with Gasteiger partial charge in [-0.2, -0.15) is 25.5 Å². The van der Waals surface area contributed by atoms with Gasteiger partial charge in [-0.3, -0.25) is 0 Å². The van der Waals surface area contributed by atoms with E-state index < -0.39 is 6.17 Å². The molecule has 2 atom stereocenters. The molecule has 1 aliphatic carbocycles. The Morgan fingerprint density at radius 3 is 2.59 bits per heavy atom. The Labute approximate surface area is 170 Å². The lowest BCUT2D eigenvalue weighted by atomic mass is 9.88. The second-order valence-electron chi connectivity index (χ2n) is 7.02. The molecule has 1 aliphatic rings. The van der Waals surface area contributed by atoms with Gasteiger partial charge in [0.1, 0.15) is 0 Å². The molecule has 150 valence electrons. The van der Waals surface area contributed by atoms with Crippen molar-refractivity contribution in [1.29, 1.82) is 10.5 Å². The fraction of sp³-hybridized carbons (Fsp3) is 0.476. The lowest BCUT2D eigenvalue weighted by Crippen LogP contribution is -2.29. The fourth-order valence-electron chi connectivity index (χ4n) is 3.51. The topological polar surface area (TPSA) is 102 Å². The third-order valence-electron chi connectivity index (χ3n) is 4.94. The van der Waals surface area contributed by atoms with Crippen LogP contribution in [-0.2, 0) is 6.42 Å². The highest BCUT2D eigenvalue weighted by Gasteiger charge is 2.22. The molecule has 3 rings (SSSR count). The first-order valence-electron chi connectivity index (χ1n) is 9.85. The van der Waals surface area contributed by atoms with Crippen LogP contribution in [0.5, 0.6) is 0 Å². The van der Waals surface area contributed by atoms with E-state index in [9.17, 15) is 4.39 Å². The third-order valence-corrected chi connectivity index (χ3v) is 4.94. The maximum absolute atomic E-state index is 14.1. The summed E-state index contributed by atoms with van der Waals surface area (Å²) in [6.07, 6.45) is 2.19. The van der Waals surface area contributed by atoms with E-state index in [-0.39, 0.29) is 30.7 Å². The minimum absolute atomic E-state index is 0.0421. The Balaban J connectivity index is 1.91. The lowest BCUT2D eigenvalue weighted by molar-refractivity contribution is 0.355. The summed E-state index contributed by atoms with van der Waals surface area (Å²) in [6, 6.07) is 12.5. The molecule has 8 heteroatoms. The monoisotopic (exact) mass is 393 g/mol. The zero-order valence-corrected chi connectivity index (χ0v) is 16.5. The molecule has 0 radical (unpaired) electrons. The molecule has 0 bridgehead atoms. The van der Waals surface area contributed by atoms with Gasteiger partial charge < -0.3 is 10.2 Å². The molecule has 0 amide bonds. The average molecular weight is 393 g/mol. The first kappa shape index (κ1) is 20.5. The SMILES string of the molecule is C[C@@H](F)c1nc(N[C@@H]2CCCc3ccccc32)nc(N(CCC#N)CCC#N)n1. The number of hydrogen-bond acceptors (Lipinski definition) is 7. The van der Waals surface area contributed by atoms with E-state index in [0.717, 1.165) is 19.3 Å². The molecular formula is C21H24FN7. The molecule has 0 unspecified atom stereocenters. The van der Waals surface area contributed by atoms with Crippen molar-refractivity contribution < 1.29 is 4.39 Å². The summed E-state index contributed by atoms with van der Waals surface area (Å²) in [7, 11) is 0. The van der Waals surface area contributed by atoms with E-state index in [1.807, 2.05) is 12.1 Å². The number of nitriles is 2. The van der Waals surface area contributed by atoms with Gasteiger partial charge in [0.05, 0.1) is 31.0 Å². The quantitative estimate of drug-likeness (QED) is 0.722. The maximum atomic E-state index is 14.1. The molecule has 0 saturated carbocycles. The van der Waals surface area contributed by atoms with Crippen LogP contribution < -0.4 is 10.2 Å². The number of aromatic nitrogens is 3. The Morgan fingerprint density at radius 2 is 1.90 bits per heavy atom. The van der Waals surface area contributed by atoms with Crippen molar-refractivity contribution in [3.05, 3.63) is 41.2 Å². The van der Waals surface area contributed by atoms with Crippen LogP contribution in [0, 0.1) is 22.7 Å². The molecule has 0 aliphatic heterocycles. The fourth-order valence-corrected chi connectivity index (χ4v) is 3.51. The minimum Gasteiger partial charge on any atom is -0.347 e. The second kappa shape index (κ2) is 9.79. The minimum atomic E-state index is -1.36. The van der Waals surface area contributed by atoms with Crippen LogP contribution in [0.25, 0.3) is 0 Å². The van der Waals surface area contributed by atoms with Crippen LogP contribution in [-0.4, -0.2) is 28.0 Å². The van der Waals surface area contributed by atoms with Crippen LogP contribution in [0.2, 0.25) is 0 Å². The van der Waals surface area contributed by atoms with E-state index in [1.165, 1.54) is 18.1 Å². The summed E-state index contributed by atoms with van der Waals surface area (Å²) in [6.45, 7) is 2.12. The highest BCUT2D eigenvalue weighted by atomic mass is 19.1. The summed E-state index contributed by atoms with van der Waals surface area (Å²) >= 11 is 0. The van der Waals surface area contributed by atoms with Gasteiger partial charge in [-0.25, -0.2) is 4.39 Å². The van der Waals surface area contributed by atoms with E-state index >= 15 is 0 Å². The van der Waals surface area contributed by atoms with Crippen molar-refractivity contribution in [2.75, 3.05) is 23.3 Å². The van der Waals surface area contributed by atoms with Crippen molar-refractivity contribution in [2.45, 2.75) is 51.2 Å². The van der Waals surface area contributed by atoms with Crippen molar-refractivity contribution in [1.82, 2.24) is 15.0 Å². The predicted octanol–water partition coefficient (Wildman–Crippen LogP) is 4.03. The molecule has 7 nitrogen and oxygen atoms in total. The van der Waals surface area contributed by atoms with Crippen LogP contribution >= 0.6 is 0 Å². The van der Waals surface area contributed by atoms with E-state index in [2.05, 4.69) is 44.5 Å². The number of aryl methyl sites for hydroxylation is 1. The highest BCUT2D eigenvalue weighted by molar-refractivity contribution is 5.42. The van der Waals surface area contributed by atoms with Gasteiger partial charge in [-0.15, -0.1) is 0 Å². The van der Waals surface area contributed by atoms with E-state index in [1.54, 1.807) is 4.90 Å². The molecule has 1 aromatic heterocycles. The predicted molar refractivity (Wildman–Crippen MR) is 108 cm³/mol. The number of nitrogens with zero attached hydrogens (tertiary/aromatic N) is 6. The number of nitrogens with one attached hydrogen (secondary N) is 1. The van der Waals surface area contributed by atoms with Crippen molar-refractivity contribution in [3.63, 3.8) is 0 Å². The van der Waals surface area contributed by atoms with Gasteiger partial charge in [-0.05, 0) is 37.3 Å². The highest BCUT2D eigenvalue weighted by Crippen LogP contribution is 2.32. The van der Waals surface area contributed by atoms with Gasteiger partial charge >= 0.3 is 0 Å². The lowest BCUT2D eigenvalue weighted by Gasteiger charge is -2.27. The number of anilines is 2. The van der Waals surface area contributed by atoms with E-state index in [4.69, 9.17) is 10.5 Å². The summed E-state index contributed by atoms with van der Waals surface area (Å²) in [5, 5.41) is 21.2. The zero-order valence-electron chi connectivity index (χ0n) is 16.5. The number of halogens is 1. The molecule has 1 heterocycles. The van der Waals surface area contributed by atoms with Crippen molar-refractivity contribution >= 4 is 11.9 Å². The van der Waals surface area contributed by atoms with Gasteiger partial charge in [0.15, 0.2) is 12.0 Å².